The molecule has 2 saturated carbocycles. The molecule has 10 heteroatoms. The van der Waals surface area contributed by atoms with Crippen molar-refractivity contribution in [3.05, 3.63) is 48.5 Å². The molecule has 4 atom stereocenters. The van der Waals surface area contributed by atoms with Crippen LogP contribution in [0.3, 0.4) is 0 Å². The highest BCUT2D eigenvalue weighted by molar-refractivity contribution is 5.74. The number of hydrogen-bond acceptors (Lipinski definition) is 8. The van der Waals surface area contributed by atoms with Crippen LogP contribution in [0, 0.1) is 21.7 Å². The molecule has 4 rings (SSSR count). The highest BCUT2D eigenvalue weighted by Gasteiger charge is 2.43. The molecule has 2 amide bonds. The molecule has 2 N–H and O–H groups in total. The van der Waals surface area contributed by atoms with Crippen LogP contribution >= 0.6 is 0 Å². The van der Waals surface area contributed by atoms with Crippen molar-refractivity contribution in [3.8, 4) is 22.6 Å². The molecule has 0 bridgehead atoms. The first-order valence-electron chi connectivity index (χ1n) is 15.9. The van der Waals surface area contributed by atoms with E-state index in [4.69, 9.17) is 9.47 Å². The van der Waals surface area contributed by atoms with Gasteiger partial charge in [-0.1, -0.05) is 65.8 Å². The Morgan fingerprint density at radius 2 is 1.37 bits per heavy atom. The van der Waals surface area contributed by atoms with Crippen molar-refractivity contribution in [1.82, 2.24) is 10.6 Å². The highest BCUT2D eigenvalue weighted by atomic mass is 16.6. The average molecular weight is 631 g/mol. The summed E-state index contributed by atoms with van der Waals surface area (Å²) in [7, 11) is 0. The van der Waals surface area contributed by atoms with Crippen LogP contribution in [0.25, 0.3) is 11.1 Å². The Morgan fingerprint density at radius 3 is 1.98 bits per heavy atom. The van der Waals surface area contributed by atoms with Crippen LogP contribution in [0.4, 0.5) is 9.59 Å². The Bertz CT molecular complexity index is 1530. The molecule has 46 heavy (non-hydrogen) atoms. The number of rotatable bonds is 9. The third kappa shape index (κ3) is 9.87. The molecule has 0 radical (unpaired) electrons. The van der Waals surface area contributed by atoms with Crippen LogP contribution in [-0.4, -0.2) is 49.5 Å². The van der Waals surface area contributed by atoms with Crippen molar-refractivity contribution in [2.75, 3.05) is 13.1 Å². The van der Waals surface area contributed by atoms with E-state index in [9.17, 15) is 19.2 Å². The fraction of sp³-hybridized carbons (Fsp3) is 0.556. The van der Waals surface area contributed by atoms with Gasteiger partial charge in [-0.2, -0.15) is 0 Å². The van der Waals surface area contributed by atoms with Gasteiger partial charge in [0.25, 0.3) is 0 Å². The van der Waals surface area contributed by atoms with Crippen molar-refractivity contribution in [2.45, 2.75) is 92.2 Å². The van der Waals surface area contributed by atoms with E-state index in [0.29, 0.717) is 37.4 Å². The third-order valence-corrected chi connectivity index (χ3v) is 9.03. The number of benzene rings is 2. The van der Waals surface area contributed by atoms with Crippen LogP contribution < -0.4 is 20.1 Å². The number of aliphatic imine (C=N–C) groups is 2. The van der Waals surface area contributed by atoms with Gasteiger partial charge in [0.1, 0.15) is 11.5 Å². The van der Waals surface area contributed by atoms with E-state index in [1.165, 1.54) is 0 Å². The van der Waals surface area contributed by atoms with Gasteiger partial charge in [-0.15, -0.1) is 0 Å². The zero-order valence-corrected chi connectivity index (χ0v) is 27.8. The minimum absolute atomic E-state index is 0.0156. The zero-order chi connectivity index (χ0) is 33.6. The van der Waals surface area contributed by atoms with E-state index < -0.39 is 12.2 Å². The minimum atomic E-state index is -0.564. The number of hydrogen-bond donors (Lipinski definition) is 2. The van der Waals surface area contributed by atoms with E-state index in [2.05, 4.69) is 62.2 Å². The van der Waals surface area contributed by atoms with Gasteiger partial charge in [0.15, 0.2) is 0 Å². The lowest BCUT2D eigenvalue weighted by Gasteiger charge is -2.45. The van der Waals surface area contributed by atoms with Crippen LogP contribution in [0.5, 0.6) is 11.5 Å². The maximum Gasteiger partial charge on any atom is 0.412 e. The normalized spacial score (nSPS) is 26.4. The van der Waals surface area contributed by atoms with Gasteiger partial charge < -0.3 is 20.1 Å². The lowest BCUT2D eigenvalue weighted by molar-refractivity contribution is 0.0774. The summed E-state index contributed by atoms with van der Waals surface area (Å²) >= 11 is 0. The number of nitrogens with one attached hydrogen (secondary N) is 2. The van der Waals surface area contributed by atoms with Gasteiger partial charge in [0.05, 0.1) is 12.6 Å². The summed E-state index contributed by atoms with van der Waals surface area (Å²) in [5, 5.41) is 5.90. The topological polar surface area (TPSA) is 136 Å². The van der Waals surface area contributed by atoms with Gasteiger partial charge in [0, 0.05) is 12.6 Å². The van der Waals surface area contributed by atoms with Crippen LogP contribution in [0.2, 0.25) is 0 Å². The molecule has 2 aliphatic rings. The summed E-state index contributed by atoms with van der Waals surface area (Å²) in [6.07, 6.45) is 6.95. The standard InChI is InChI=1S/C36H46N4O6/c1-33(2)15-27(39-24-42)17-36(6,20-33)22-38-31(43)45-29-11-7-9-25(13-29)26-10-8-12-30(14-26)46-32(44)40-28-16-34(3,4)19-35(5,18-28)21-37-23-41/h7-14,27-28H,15-22H2,1-6H3,(H,38,43)(H,40,44). The van der Waals surface area contributed by atoms with E-state index in [1.807, 2.05) is 12.1 Å². The molecule has 246 valence electrons. The van der Waals surface area contributed by atoms with Crippen molar-refractivity contribution < 1.29 is 28.7 Å². The van der Waals surface area contributed by atoms with Crippen molar-refractivity contribution >= 4 is 24.3 Å². The lowest BCUT2D eigenvalue weighted by atomic mass is 9.62. The molecule has 2 fully saturated rings. The Balaban J connectivity index is 1.36. The maximum absolute atomic E-state index is 12.9. The first kappa shape index (κ1) is 34.6. The second-order valence-corrected chi connectivity index (χ2v) is 15.4. The predicted molar refractivity (Wildman–Crippen MR) is 175 cm³/mol. The number of carbonyl (C=O) groups is 2. The molecule has 0 aromatic heterocycles. The largest absolute Gasteiger partial charge is 0.412 e. The number of isocyanates is 2. The third-order valence-electron chi connectivity index (χ3n) is 9.03. The maximum atomic E-state index is 12.9. The van der Waals surface area contributed by atoms with E-state index >= 15 is 0 Å². The van der Waals surface area contributed by atoms with Gasteiger partial charge >= 0.3 is 12.2 Å². The Labute approximate surface area is 271 Å². The quantitative estimate of drug-likeness (QED) is 0.219. The van der Waals surface area contributed by atoms with E-state index in [-0.39, 0.29) is 33.7 Å². The second kappa shape index (κ2) is 14.0. The Morgan fingerprint density at radius 1 is 0.783 bits per heavy atom. The first-order chi connectivity index (χ1) is 21.6. The summed E-state index contributed by atoms with van der Waals surface area (Å²) < 4.78 is 11.3. The Hall–Kier alpha value is -4.26. The van der Waals surface area contributed by atoms with E-state index in [0.717, 1.165) is 36.8 Å². The van der Waals surface area contributed by atoms with Crippen molar-refractivity contribution in [2.24, 2.45) is 31.6 Å². The second-order valence-electron chi connectivity index (χ2n) is 15.4. The van der Waals surface area contributed by atoms with Gasteiger partial charge in [-0.25, -0.2) is 29.2 Å². The fourth-order valence-electron chi connectivity index (χ4n) is 8.17. The summed E-state index contributed by atoms with van der Waals surface area (Å²) in [6, 6.07) is 14.1. The molecule has 0 aliphatic heterocycles. The van der Waals surface area contributed by atoms with Gasteiger partial charge in [0.2, 0.25) is 12.2 Å². The van der Waals surface area contributed by atoms with E-state index in [1.54, 1.807) is 48.6 Å². The number of nitrogens with zero attached hydrogens (tertiary/aromatic N) is 2. The molecule has 4 unspecified atom stereocenters. The molecule has 2 aliphatic carbocycles. The van der Waals surface area contributed by atoms with Crippen molar-refractivity contribution in [3.63, 3.8) is 0 Å². The summed E-state index contributed by atoms with van der Waals surface area (Å²) in [5.41, 5.74) is 1.06. The van der Waals surface area contributed by atoms with Gasteiger partial charge in [-0.3, -0.25) is 0 Å². The summed E-state index contributed by atoms with van der Waals surface area (Å²) in [6.45, 7) is 13.5. The van der Waals surface area contributed by atoms with Crippen LogP contribution in [0.15, 0.2) is 58.5 Å². The van der Waals surface area contributed by atoms with Crippen molar-refractivity contribution in [1.29, 1.82) is 0 Å². The molecule has 0 saturated heterocycles. The summed E-state index contributed by atoms with van der Waals surface area (Å²) in [5.74, 6) is 0.752. The SMILES string of the molecule is CC1(C)CC(N=C=O)CC(C)(CNC(=O)Oc2cccc(-c3cccc(OC(=O)NC4CC(C)(C)CC(C)(CN=C=O)C4)c3)c2)C1. The molecule has 0 spiro atoms. The average Bonchev–Trinajstić information content (AvgIpc) is 2.93. The van der Waals surface area contributed by atoms with Gasteiger partial charge in [-0.05, 0) is 95.6 Å². The number of ether oxygens (including phenoxy) is 2. The molecule has 10 nitrogen and oxygen atoms in total. The lowest BCUT2D eigenvalue weighted by Crippen LogP contribution is -2.48. The smallest absolute Gasteiger partial charge is 0.410 e. The zero-order valence-electron chi connectivity index (χ0n) is 27.8. The summed E-state index contributed by atoms with van der Waals surface area (Å²) in [4.78, 5) is 55.1. The minimum Gasteiger partial charge on any atom is -0.410 e. The molecular weight excluding hydrogens is 584 g/mol. The predicted octanol–water partition coefficient (Wildman–Crippen LogP) is 7.37. The molecule has 2 aromatic carbocycles. The first-order valence-corrected chi connectivity index (χ1v) is 15.9. The molecular formula is C36H46N4O6. The molecule has 2 aromatic rings. The highest BCUT2D eigenvalue weighted by Crippen LogP contribution is 2.47. The number of carbonyl (C=O) groups excluding carboxylic acids is 4. The molecule has 0 heterocycles. The Kier molecular flexibility index (Phi) is 10.5. The number of amides is 2. The monoisotopic (exact) mass is 630 g/mol. The fourth-order valence-corrected chi connectivity index (χ4v) is 8.17. The van der Waals surface area contributed by atoms with Crippen LogP contribution in [-0.2, 0) is 9.59 Å². The van der Waals surface area contributed by atoms with Crippen LogP contribution in [0.1, 0.15) is 80.1 Å².